The predicted octanol–water partition coefficient (Wildman–Crippen LogP) is 3.02. The number of anilines is 1. The number of furan rings is 1. The van der Waals surface area contributed by atoms with E-state index < -0.39 is 17.7 Å². The third kappa shape index (κ3) is 2.92. The van der Waals surface area contributed by atoms with Crippen LogP contribution < -0.4 is 5.32 Å². The Morgan fingerprint density at radius 2 is 1.89 bits per heavy atom. The highest BCUT2D eigenvalue weighted by molar-refractivity contribution is 6.30. The third-order valence-electron chi connectivity index (χ3n) is 2.22. The molecule has 98 valence electrons. The fraction of sp³-hybridized carbons (Fsp3) is 0. The number of hydrogen-bond acceptors (Lipinski definition) is 3. The van der Waals surface area contributed by atoms with Crippen LogP contribution in [0.15, 0.2) is 34.7 Å². The highest BCUT2D eigenvalue weighted by atomic mass is 35.5. The van der Waals surface area contributed by atoms with Gasteiger partial charge >= 0.3 is 5.97 Å². The first-order chi connectivity index (χ1) is 8.97. The zero-order valence-corrected chi connectivity index (χ0v) is 10.1. The Morgan fingerprint density at radius 1 is 1.21 bits per heavy atom. The lowest BCUT2D eigenvalue weighted by atomic mass is 10.3. The molecule has 5 nitrogen and oxygen atoms in total. The molecule has 7 heteroatoms. The van der Waals surface area contributed by atoms with Crippen LogP contribution in [0.3, 0.4) is 0 Å². The van der Waals surface area contributed by atoms with Crippen LogP contribution in [-0.4, -0.2) is 17.0 Å². The Bertz CT molecular complexity index is 653. The van der Waals surface area contributed by atoms with E-state index >= 15 is 0 Å². The van der Waals surface area contributed by atoms with Crippen LogP contribution in [0.4, 0.5) is 10.1 Å². The number of carboxylic acid groups (broad SMARTS) is 1. The molecule has 0 unspecified atom stereocenters. The van der Waals surface area contributed by atoms with Gasteiger partial charge in [-0.3, -0.25) is 4.79 Å². The third-order valence-corrected chi connectivity index (χ3v) is 2.52. The van der Waals surface area contributed by atoms with Gasteiger partial charge < -0.3 is 14.8 Å². The number of carbonyl (C=O) groups is 2. The standard InChI is InChI=1S/C12H7ClFNO4/c13-7-2-1-6(5-8(7)14)15-11(16)9-3-4-10(19-9)12(17)18/h1-5H,(H,15,16)(H,17,18). The van der Waals surface area contributed by atoms with Crippen LogP contribution in [0.25, 0.3) is 0 Å². The molecule has 0 fully saturated rings. The number of benzene rings is 1. The van der Waals surface area contributed by atoms with Crippen molar-refractivity contribution in [2.24, 2.45) is 0 Å². The molecule has 2 rings (SSSR count). The van der Waals surface area contributed by atoms with Crippen molar-refractivity contribution < 1.29 is 23.5 Å². The second-order valence-electron chi connectivity index (χ2n) is 3.55. The Morgan fingerprint density at radius 3 is 2.47 bits per heavy atom. The van der Waals surface area contributed by atoms with Gasteiger partial charge in [-0.05, 0) is 30.3 Å². The summed E-state index contributed by atoms with van der Waals surface area (Å²) in [6.07, 6.45) is 0. The van der Waals surface area contributed by atoms with E-state index in [-0.39, 0.29) is 22.2 Å². The number of halogens is 2. The molecule has 2 aromatic rings. The van der Waals surface area contributed by atoms with E-state index in [1.54, 1.807) is 0 Å². The predicted molar refractivity (Wildman–Crippen MR) is 65.0 cm³/mol. The molecule has 0 spiro atoms. The number of hydrogen-bond donors (Lipinski definition) is 2. The lowest BCUT2D eigenvalue weighted by molar-refractivity contribution is 0.0660. The zero-order chi connectivity index (χ0) is 14.0. The smallest absolute Gasteiger partial charge is 0.371 e. The molecule has 0 aliphatic heterocycles. The Labute approximate surface area is 111 Å². The number of carbonyl (C=O) groups excluding carboxylic acids is 1. The van der Waals surface area contributed by atoms with Crippen molar-refractivity contribution in [1.29, 1.82) is 0 Å². The van der Waals surface area contributed by atoms with E-state index in [2.05, 4.69) is 5.32 Å². The van der Waals surface area contributed by atoms with Crippen LogP contribution in [0.2, 0.25) is 5.02 Å². The molecule has 0 aliphatic rings. The van der Waals surface area contributed by atoms with Crippen molar-refractivity contribution in [3.8, 4) is 0 Å². The van der Waals surface area contributed by atoms with Gasteiger partial charge in [0.25, 0.3) is 5.91 Å². The van der Waals surface area contributed by atoms with Crippen molar-refractivity contribution in [3.63, 3.8) is 0 Å². The van der Waals surface area contributed by atoms with Crippen LogP contribution in [0, 0.1) is 5.82 Å². The fourth-order valence-corrected chi connectivity index (χ4v) is 1.46. The number of nitrogens with one attached hydrogen (secondary N) is 1. The van der Waals surface area contributed by atoms with Crippen molar-refractivity contribution in [2.75, 3.05) is 5.32 Å². The van der Waals surface area contributed by atoms with E-state index in [9.17, 15) is 14.0 Å². The number of amides is 1. The van der Waals surface area contributed by atoms with Crippen molar-refractivity contribution >= 4 is 29.2 Å². The summed E-state index contributed by atoms with van der Waals surface area (Å²) in [6.45, 7) is 0. The molecule has 0 saturated carbocycles. The summed E-state index contributed by atoms with van der Waals surface area (Å²) < 4.78 is 18.0. The summed E-state index contributed by atoms with van der Waals surface area (Å²) >= 11 is 5.50. The van der Waals surface area contributed by atoms with Gasteiger partial charge in [-0.1, -0.05) is 11.6 Å². The van der Waals surface area contributed by atoms with Gasteiger partial charge in [-0.2, -0.15) is 0 Å². The summed E-state index contributed by atoms with van der Waals surface area (Å²) in [6, 6.07) is 6.10. The van der Waals surface area contributed by atoms with E-state index in [0.717, 1.165) is 12.1 Å². The van der Waals surface area contributed by atoms with Gasteiger partial charge in [-0.25, -0.2) is 9.18 Å². The maximum atomic E-state index is 13.2. The fourth-order valence-electron chi connectivity index (χ4n) is 1.34. The topological polar surface area (TPSA) is 79.5 Å². The maximum absolute atomic E-state index is 13.2. The minimum Gasteiger partial charge on any atom is -0.475 e. The molecule has 0 saturated heterocycles. The first-order valence-electron chi connectivity index (χ1n) is 5.07. The van der Waals surface area contributed by atoms with Gasteiger partial charge in [0.1, 0.15) is 5.82 Å². The van der Waals surface area contributed by atoms with Gasteiger partial charge in [0, 0.05) is 5.69 Å². The molecule has 1 heterocycles. The number of rotatable bonds is 3. The van der Waals surface area contributed by atoms with Crippen LogP contribution in [0.5, 0.6) is 0 Å². The van der Waals surface area contributed by atoms with Crippen molar-refractivity contribution in [1.82, 2.24) is 0 Å². The highest BCUT2D eigenvalue weighted by Crippen LogP contribution is 2.19. The minimum absolute atomic E-state index is 0.0656. The van der Waals surface area contributed by atoms with Crippen LogP contribution in [-0.2, 0) is 0 Å². The van der Waals surface area contributed by atoms with Crippen LogP contribution in [0.1, 0.15) is 21.1 Å². The summed E-state index contributed by atoms with van der Waals surface area (Å²) in [5, 5.41) is 10.9. The molecular weight excluding hydrogens is 277 g/mol. The average Bonchev–Trinajstić information content (AvgIpc) is 2.83. The van der Waals surface area contributed by atoms with Gasteiger partial charge in [0.15, 0.2) is 5.76 Å². The van der Waals surface area contributed by atoms with E-state index in [4.69, 9.17) is 21.1 Å². The summed E-state index contributed by atoms with van der Waals surface area (Å²) in [7, 11) is 0. The quantitative estimate of drug-likeness (QED) is 0.907. The first kappa shape index (κ1) is 13.1. The molecule has 1 aromatic carbocycles. The molecule has 19 heavy (non-hydrogen) atoms. The van der Waals surface area contributed by atoms with Crippen LogP contribution >= 0.6 is 11.6 Å². The largest absolute Gasteiger partial charge is 0.475 e. The first-order valence-corrected chi connectivity index (χ1v) is 5.44. The van der Waals surface area contributed by atoms with Gasteiger partial charge in [0.05, 0.1) is 5.02 Å². The van der Waals surface area contributed by atoms with Gasteiger partial charge in [0.2, 0.25) is 5.76 Å². The SMILES string of the molecule is O=C(O)c1ccc(C(=O)Nc2ccc(Cl)c(F)c2)o1. The Kier molecular flexibility index (Phi) is 3.52. The number of carboxylic acids is 1. The molecule has 1 aromatic heterocycles. The van der Waals surface area contributed by atoms with E-state index in [1.807, 2.05) is 0 Å². The monoisotopic (exact) mass is 283 g/mol. The minimum atomic E-state index is -1.28. The molecule has 0 radical (unpaired) electrons. The van der Waals surface area contributed by atoms with Crippen molar-refractivity contribution in [2.45, 2.75) is 0 Å². The molecule has 0 atom stereocenters. The average molecular weight is 284 g/mol. The second-order valence-corrected chi connectivity index (χ2v) is 3.96. The second kappa shape index (κ2) is 5.11. The molecule has 1 amide bonds. The summed E-state index contributed by atoms with van der Waals surface area (Å²) in [5.74, 6) is -3.18. The van der Waals surface area contributed by atoms with E-state index in [0.29, 0.717) is 0 Å². The molecular formula is C12H7ClFNO4. The zero-order valence-electron chi connectivity index (χ0n) is 9.31. The van der Waals surface area contributed by atoms with Gasteiger partial charge in [-0.15, -0.1) is 0 Å². The Balaban J connectivity index is 2.15. The number of aromatic carboxylic acids is 1. The van der Waals surface area contributed by atoms with Crippen molar-refractivity contribution in [3.05, 3.63) is 52.7 Å². The molecule has 0 bridgehead atoms. The Hall–Kier alpha value is -2.34. The lowest BCUT2D eigenvalue weighted by Crippen LogP contribution is -2.11. The normalized spacial score (nSPS) is 10.2. The highest BCUT2D eigenvalue weighted by Gasteiger charge is 2.15. The molecule has 2 N–H and O–H groups in total. The van der Waals surface area contributed by atoms with E-state index in [1.165, 1.54) is 18.2 Å². The summed E-state index contributed by atoms with van der Waals surface area (Å²) in [5.41, 5.74) is 0.181. The lowest BCUT2D eigenvalue weighted by Gasteiger charge is -2.03. The summed E-state index contributed by atoms with van der Waals surface area (Å²) in [4.78, 5) is 22.3. The molecule has 0 aliphatic carbocycles. The maximum Gasteiger partial charge on any atom is 0.371 e.